The Balaban J connectivity index is 2.13. The van der Waals surface area contributed by atoms with Gasteiger partial charge >= 0.3 is 0 Å². The van der Waals surface area contributed by atoms with Crippen LogP contribution in [-0.2, 0) is 6.61 Å². The number of thiol groups is 1. The van der Waals surface area contributed by atoms with E-state index >= 15 is 0 Å². The fourth-order valence-electron chi connectivity index (χ4n) is 1.45. The van der Waals surface area contributed by atoms with Crippen molar-refractivity contribution in [1.29, 1.82) is 0 Å². The zero-order valence-corrected chi connectivity index (χ0v) is 11.0. The highest BCUT2D eigenvalue weighted by molar-refractivity contribution is 7.98. The monoisotopic (exact) mass is 267 g/mol. The zero-order chi connectivity index (χ0) is 12.3. The summed E-state index contributed by atoms with van der Waals surface area (Å²) in [6.07, 6.45) is 3.73. The maximum absolute atomic E-state index is 5.93. The summed E-state index contributed by atoms with van der Waals surface area (Å²) in [5, 5.41) is 4.02. The van der Waals surface area contributed by atoms with Crippen LogP contribution in [0.4, 0.5) is 5.69 Å². The average molecular weight is 267 g/mol. The molecule has 0 unspecified atom stereocenters. The molecule has 0 bridgehead atoms. The zero-order valence-electron chi connectivity index (χ0n) is 9.33. The van der Waals surface area contributed by atoms with Crippen molar-refractivity contribution in [2.24, 2.45) is 0 Å². The molecule has 1 heterocycles. The molecule has 0 atom stereocenters. The second-order valence-electron chi connectivity index (χ2n) is 3.39. The lowest BCUT2D eigenvalue weighted by Crippen LogP contribution is -2.02. The Labute approximate surface area is 110 Å². The number of nitrogens with two attached hydrogens (primary N) is 1. The molecule has 0 saturated carbocycles. The quantitative estimate of drug-likeness (QED) is 0.507. The number of benzene rings is 1. The van der Waals surface area contributed by atoms with Gasteiger partial charge in [0.2, 0.25) is 5.88 Å². The topological polar surface area (TPSA) is 53.1 Å². The Bertz CT molecular complexity index is 513. The number of ether oxygens (including phenoxy) is 1. The normalized spacial score (nSPS) is 10.5. The maximum Gasteiger partial charge on any atom is 0.234 e. The molecule has 0 radical (unpaired) electrons. The second-order valence-corrected chi connectivity index (χ2v) is 4.65. The van der Waals surface area contributed by atoms with E-state index in [4.69, 9.17) is 10.5 Å². The first-order chi connectivity index (χ1) is 8.20. The molecular formula is C11H13N3OS2. The summed E-state index contributed by atoms with van der Waals surface area (Å²) in [6, 6.07) is 7.59. The van der Waals surface area contributed by atoms with Crippen molar-refractivity contribution < 1.29 is 4.74 Å². The number of thioether (sulfide) groups is 1. The molecule has 0 fully saturated rings. The number of aromatic nitrogens is 2. The summed E-state index contributed by atoms with van der Waals surface area (Å²) < 4.78 is 6.96. The second kappa shape index (κ2) is 5.37. The van der Waals surface area contributed by atoms with Crippen molar-refractivity contribution in [3.8, 4) is 5.88 Å². The van der Waals surface area contributed by atoms with Crippen LogP contribution in [0.5, 0.6) is 5.88 Å². The van der Waals surface area contributed by atoms with Gasteiger partial charge in [-0.25, -0.2) is 4.09 Å². The smallest absolute Gasteiger partial charge is 0.234 e. The summed E-state index contributed by atoms with van der Waals surface area (Å²) in [4.78, 5) is 1.12. The molecule has 4 nitrogen and oxygen atoms in total. The van der Waals surface area contributed by atoms with Gasteiger partial charge in [-0.2, -0.15) is 0 Å². The number of nitrogen functional groups attached to an aromatic ring is 1. The van der Waals surface area contributed by atoms with Crippen LogP contribution in [0.2, 0.25) is 0 Å². The van der Waals surface area contributed by atoms with E-state index in [2.05, 4.69) is 17.9 Å². The fraction of sp³-hybridized carbons (Fsp3) is 0.182. The van der Waals surface area contributed by atoms with Gasteiger partial charge in [0.25, 0.3) is 0 Å². The van der Waals surface area contributed by atoms with Crippen LogP contribution in [-0.4, -0.2) is 15.4 Å². The Morgan fingerprint density at radius 1 is 1.47 bits per heavy atom. The molecule has 6 heteroatoms. The van der Waals surface area contributed by atoms with Gasteiger partial charge in [0.05, 0.1) is 0 Å². The van der Waals surface area contributed by atoms with E-state index in [0.717, 1.165) is 16.1 Å². The van der Waals surface area contributed by atoms with Crippen LogP contribution >= 0.6 is 24.6 Å². The van der Waals surface area contributed by atoms with Gasteiger partial charge in [-0.1, -0.05) is 6.07 Å². The predicted molar refractivity (Wildman–Crippen MR) is 73.6 cm³/mol. The minimum Gasteiger partial charge on any atom is -0.472 e. The number of hydrogen-bond acceptors (Lipinski definition) is 5. The van der Waals surface area contributed by atoms with E-state index in [1.54, 1.807) is 24.0 Å². The van der Waals surface area contributed by atoms with Gasteiger partial charge in [-0.3, -0.25) is 0 Å². The highest BCUT2D eigenvalue weighted by Gasteiger charge is 2.07. The molecule has 90 valence electrons. The number of rotatable bonds is 4. The lowest BCUT2D eigenvalue weighted by molar-refractivity contribution is 0.291. The first kappa shape index (κ1) is 12.2. The minimum absolute atomic E-state index is 0.410. The lowest BCUT2D eigenvalue weighted by Gasteiger charge is -2.10. The summed E-state index contributed by atoms with van der Waals surface area (Å²) >= 11 is 5.69. The summed E-state index contributed by atoms with van der Waals surface area (Å²) in [7, 11) is 0. The summed E-state index contributed by atoms with van der Waals surface area (Å²) in [5.74, 6) is 0.537. The third-order valence-corrected chi connectivity index (χ3v) is 3.35. The predicted octanol–water partition coefficient (Wildman–Crippen LogP) is 2.46. The van der Waals surface area contributed by atoms with E-state index in [1.807, 2.05) is 24.5 Å². The molecule has 0 aliphatic rings. The van der Waals surface area contributed by atoms with Crippen molar-refractivity contribution in [2.75, 3.05) is 12.0 Å². The number of hydrogen-bond donors (Lipinski definition) is 2. The van der Waals surface area contributed by atoms with Crippen LogP contribution in [0.15, 0.2) is 35.4 Å². The Hall–Kier alpha value is -1.27. The minimum atomic E-state index is 0.410. The molecule has 1 aromatic heterocycles. The number of nitrogens with zero attached hydrogens (tertiary/aromatic N) is 2. The van der Waals surface area contributed by atoms with Crippen molar-refractivity contribution in [3.63, 3.8) is 0 Å². The van der Waals surface area contributed by atoms with Gasteiger partial charge in [0, 0.05) is 28.4 Å². The van der Waals surface area contributed by atoms with Gasteiger partial charge in [-0.05, 0) is 31.2 Å². The molecule has 0 amide bonds. The molecule has 0 aliphatic heterocycles. The van der Waals surface area contributed by atoms with Crippen molar-refractivity contribution in [2.45, 2.75) is 11.5 Å². The fourth-order valence-corrected chi connectivity index (χ4v) is 2.24. The highest BCUT2D eigenvalue weighted by atomic mass is 32.2. The van der Waals surface area contributed by atoms with E-state index in [-0.39, 0.29) is 0 Å². The number of anilines is 1. The van der Waals surface area contributed by atoms with Crippen LogP contribution in [0, 0.1) is 0 Å². The summed E-state index contributed by atoms with van der Waals surface area (Å²) in [5.41, 5.74) is 7.66. The third-order valence-electron chi connectivity index (χ3n) is 2.31. The SMILES string of the molecule is CSc1cccc(N)c1COc1ccn(S)n1. The lowest BCUT2D eigenvalue weighted by atomic mass is 10.2. The van der Waals surface area contributed by atoms with E-state index < -0.39 is 0 Å². The largest absolute Gasteiger partial charge is 0.472 e. The van der Waals surface area contributed by atoms with Crippen LogP contribution in [0.3, 0.4) is 0 Å². The molecule has 2 rings (SSSR count). The molecule has 2 N–H and O–H groups in total. The van der Waals surface area contributed by atoms with Crippen molar-refractivity contribution >= 4 is 30.3 Å². The molecule has 1 aromatic carbocycles. The van der Waals surface area contributed by atoms with E-state index in [1.165, 1.54) is 4.09 Å². The molecule has 2 aromatic rings. The van der Waals surface area contributed by atoms with Gasteiger partial charge < -0.3 is 10.5 Å². The summed E-state index contributed by atoms with van der Waals surface area (Å²) in [6.45, 7) is 0.410. The average Bonchev–Trinajstić information content (AvgIpc) is 2.73. The Kier molecular flexibility index (Phi) is 3.86. The molecule has 0 spiro atoms. The van der Waals surface area contributed by atoms with E-state index in [0.29, 0.717) is 12.5 Å². The first-order valence-electron chi connectivity index (χ1n) is 5.00. The first-order valence-corrected chi connectivity index (χ1v) is 6.62. The van der Waals surface area contributed by atoms with Crippen LogP contribution in [0.1, 0.15) is 5.56 Å². The maximum atomic E-state index is 5.93. The highest BCUT2D eigenvalue weighted by Crippen LogP contribution is 2.26. The van der Waals surface area contributed by atoms with E-state index in [9.17, 15) is 0 Å². The molecular weight excluding hydrogens is 254 g/mol. The van der Waals surface area contributed by atoms with Crippen LogP contribution < -0.4 is 10.5 Å². The van der Waals surface area contributed by atoms with Crippen LogP contribution in [0.25, 0.3) is 0 Å². The standard InChI is InChI=1S/C11H13N3OS2/c1-17-10-4-2-3-9(12)8(10)7-15-11-5-6-14(16)13-11/h2-6,16H,7,12H2,1H3. The molecule has 17 heavy (non-hydrogen) atoms. The molecule has 0 aliphatic carbocycles. The van der Waals surface area contributed by atoms with Gasteiger partial charge in [-0.15, -0.1) is 16.9 Å². The Morgan fingerprint density at radius 3 is 2.94 bits per heavy atom. The van der Waals surface area contributed by atoms with Gasteiger partial charge in [0.15, 0.2) is 0 Å². The third kappa shape index (κ3) is 2.89. The molecule has 0 saturated heterocycles. The Morgan fingerprint density at radius 2 is 2.29 bits per heavy atom. The van der Waals surface area contributed by atoms with Crippen molar-refractivity contribution in [1.82, 2.24) is 9.19 Å². The van der Waals surface area contributed by atoms with Gasteiger partial charge in [0.1, 0.15) is 6.61 Å². The van der Waals surface area contributed by atoms with Crippen molar-refractivity contribution in [3.05, 3.63) is 36.0 Å².